The lowest BCUT2D eigenvalue weighted by Gasteiger charge is -2.32. The van der Waals surface area contributed by atoms with Crippen LogP contribution in [-0.2, 0) is 32.6 Å². The summed E-state index contributed by atoms with van der Waals surface area (Å²) in [6.45, 7) is 4.56. The van der Waals surface area contributed by atoms with Gasteiger partial charge in [-0.05, 0) is 43.5 Å². The molecule has 0 aliphatic carbocycles. The fraction of sp³-hybridized carbons (Fsp3) is 0.355. The zero-order valence-electron chi connectivity index (χ0n) is 23.7. The number of nitrogens with zero attached hydrogens (tertiary/aromatic N) is 2. The SMILES string of the molecule is CCOc1ccccc1N(CCCC(=O)N(Cc1cccc(C)c1)[C@H](Cc1ccccc1)C(=O)NC)S(C)(=O)=O. The molecular formula is C31H39N3O5S. The Morgan fingerprint density at radius 1 is 0.950 bits per heavy atom. The number of hydrogen-bond acceptors (Lipinski definition) is 5. The minimum Gasteiger partial charge on any atom is -0.492 e. The molecule has 1 N–H and O–H groups in total. The highest BCUT2D eigenvalue weighted by molar-refractivity contribution is 7.92. The van der Waals surface area contributed by atoms with Gasteiger partial charge >= 0.3 is 0 Å². The Labute approximate surface area is 238 Å². The van der Waals surface area contributed by atoms with Crippen molar-refractivity contribution in [1.29, 1.82) is 0 Å². The molecule has 0 aliphatic heterocycles. The summed E-state index contributed by atoms with van der Waals surface area (Å²) in [5.41, 5.74) is 3.34. The number of aryl methyl sites for hydroxylation is 1. The lowest BCUT2D eigenvalue weighted by molar-refractivity contribution is -0.141. The Morgan fingerprint density at radius 3 is 2.27 bits per heavy atom. The van der Waals surface area contributed by atoms with Gasteiger partial charge in [0.2, 0.25) is 21.8 Å². The molecule has 0 saturated heterocycles. The number of hydrogen-bond donors (Lipinski definition) is 1. The van der Waals surface area contributed by atoms with Crippen molar-refractivity contribution in [3.63, 3.8) is 0 Å². The molecule has 0 spiro atoms. The third-order valence-electron chi connectivity index (χ3n) is 6.54. The van der Waals surface area contributed by atoms with E-state index in [-0.39, 0.29) is 37.7 Å². The standard InChI is InChI=1S/C31H39N3O5S/c1-5-39-29-18-10-9-17-27(29)34(40(4,37)38)20-12-19-30(35)33(23-26-16-11-13-24(2)21-26)28(31(36)32-3)22-25-14-7-6-8-15-25/h6-11,13-18,21,28H,5,12,19-20,22-23H2,1-4H3,(H,32,36)/t28-/m1/s1. The van der Waals surface area contributed by atoms with Crippen molar-refractivity contribution in [1.82, 2.24) is 10.2 Å². The molecule has 0 bridgehead atoms. The summed E-state index contributed by atoms with van der Waals surface area (Å²) in [6, 6.07) is 23.7. The number of para-hydroxylation sites is 2. The molecule has 9 heteroatoms. The van der Waals surface area contributed by atoms with E-state index in [1.54, 1.807) is 36.2 Å². The highest BCUT2D eigenvalue weighted by Crippen LogP contribution is 2.30. The predicted molar refractivity (Wildman–Crippen MR) is 159 cm³/mol. The molecular weight excluding hydrogens is 526 g/mol. The van der Waals surface area contributed by atoms with Gasteiger partial charge in [-0.3, -0.25) is 13.9 Å². The molecule has 0 heterocycles. The number of ether oxygens (including phenoxy) is 1. The van der Waals surface area contributed by atoms with Gasteiger partial charge in [0.1, 0.15) is 11.8 Å². The van der Waals surface area contributed by atoms with Crippen LogP contribution in [0.15, 0.2) is 78.9 Å². The van der Waals surface area contributed by atoms with Gasteiger partial charge in [-0.15, -0.1) is 0 Å². The number of amides is 2. The molecule has 0 unspecified atom stereocenters. The van der Waals surface area contributed by atoms with Gasteiger partial charge in [-0.1, -0.05) is 72.3 Å². The van der Waals surface area contributed by atoms with Crippen LogP contribution in [0.4, 0.5) is 5.69 Å². The van der Waals surface area contributed by atoms with E-state index in [0.717, 1.165) is 22.9 Å². The van der Waals surface area contributed by atoms with Crippen molar-refractivity contribution >= 4 is 27.5 Å². The van der Waals surface area contributed by atoms with Crippen molar-refractivity contribution < 1.29 is 22.7 Å². The second-order valence-corrected chi connectivity index (χ2v) is 11.6. The van der Waals surface area contributed by atoms with E-state index in [1.807, 2.05) is 68.4 Å². The van der Waals surface area contributed by atoms with E-state index in [4.69, 9.17) is 4.74 Å². The number of nitrogens with one attached hydrogen (secondary N) is 1. The minimum atomic E-state index is -3.64. The number of likely N-dealkylation sites (N-methyl/N-ethyl adjacent to an activating group) is 1. The largest absolute Gasteiger partial charge is 0.492 e. The maximum absolute atomic E-state index is 13.8. The number of sulfonamides is 1. The summed E-state index contributed by atoms with van der Waals surface area (Å²) in [7, 11) is -2.08. The lowest BCUT2D eigenvalue weighted by Crippen LogP contribution is -2.49. The summed E-state index contributed by atoms with van der Waals surface area (Å²) in [4.78, 5) is 28.5. The third kappa shape index (κ3) is 8.58. The number of carbonyl (C=O) groups excluding carboxylic acids is 2. The maximum atomic E-state index is 13.8. The van der Waals surface area contributed by atoms with E-state index in [0.29, 0.717) is 24.5 Å². The van der Waals surface area contributed by atoms with Crippen molar-refractivity contribution in [3.8, 4) is 5.75 Å². The van der Waals surface area contributed by atoms with E-state index < -0.39 is 16.1 Å². The van der Waals surface area contributed by atoms with Crippen molar-refractivity contribution in [2.24, 2.45) is 0 Å². The van der Waals surface area contributed by atoms with Crippen LogP contribution in [0.2, 0.25) is 0 Å². The zero-order valence-corrected chi connectivity index (χ0v) is 24.5. The second-order valence-electron chi connectivity index (χ2n) is 9.67. The van der Waals surface area contributed by atoms with E-state index in [9.17, 15) is 18.0 Å². The molecule has 0 aromatic heterocycles. The van der Waals surface area contributed by atoms with Crippen LogP contribution in [-0.4, -0.2) is 57.6 Å². The molecule has 40 heavy (non-hydrogen) atoms. The van der Waals surface area contributed by atoms with Gasteiger partial charge in [0.05, 0.1) is 18.6 Å². The zero-order chi connectivity index (χ0) is 29.1. The number of anilines is 1. The molecule has 2 amide bonds. The predicted octanol–water partition coefficient (Wildman–Crippen LogP) is 4.33. The first-order valence-electron chi connectivity index (χ1n) is 13.4. The van der Waals surface area contributed by atoms with Crippen molar-refractivity contribution in [3.05, 3.63) is 95.6 Å². The quantitative estimate of drug-likeness (QED) is 0.314. The number of benzene rings is 3. The summed E-state index contributed by atoms with van der Waals surface area (Å²) >= 11 is 0. The van der Waals surface area contributed by atoms with Gasteiger partial charge in [-0.25, -0.2) is 8.42 Å². The van der Waals surface area contributed by atoms with Crippen LogP contribution in [0.1, 0.15) is 36.5 Å². The Hall–Kier alpha value is -3.85. The molecule has 0 saturated carbocycles. The topological polar surface area (TPSA) is 96.0 Å². The van der Waals surface area contributed by atoms with Crippen molar-refractivity contribution in [2.75, 3.05) is 30.8 Å². The lowest BCUT2D eigenvalue weighted by atomic mass is 10.0. The Bertz CT molecular complexity index is 1380. The first kappa shape index (κ1) is 30.7. The third-order valence-corrected chi connectivity index (χ3v) is 7.72. The van der Waals surface area contributed by atoms with Crippen LogP contribution in [0.25, 0.3) is 0 Å². The highest BCUT2D eigenvalue weighted by atomic mass is 32.2. The van der Waals surface area contributed by atoms with Crippen LogP contribution < -0.4 is 14.4 Å². The normalized spacial score (nSPS) is 11.9. The first-order valence-corrected chi connectivity index (χ1v) is 15.3. The minimum absolute atomic E-state index is 0.0664. The smallest absolute Gasteiger partial charge is 0.242 e. The Balaban J connectivity index is 1.86. The van der Waals surface area contributed by atoms with Gasteiger partial charge in [0.15, 0.2) is 0 Å². The van der Waals surface area contributed by atoms with Gasteiger partial charge < -0.3 is 15.0 Å². The van der Waals surface area contributed by atoms with Crippen molar-refractivity contribution in [2.45, 2.75) is 45.7 Å². The molecule has 8 nitrogen and oxygen atoms in total. The molecule has 3 rings (SSSR count). The number of rotatable bonds is 14. The second kappa shape index (κ2) is 14.5. The van der Waals surface area contributed by atoms with Gasteiger partial charge in [-0.2, -0.15) is 0 Å². The molecule has 0 radical (unpaired) electrons. The summed E-state index contributed by atoms with van der Waals surface area (Å²) in [5, 5.41) is 2.72. The van der Waals surface area contributed by atoms with Gasteiger partial charge in [0, 0.05) is 33.0 Å². The van der Waals surface area contributed by atoms with Gasteiger partial charge in [0.25, 0.3) is 0 Å². The van der Waals surface area contributed by atoms with Crippen LogP contribution in [0.5, 0.6) is 5.75 Å². The fourth-order valence-corrected chi connectivity index (χ4v) is 5.62. The molecule has 0 fully saturated rings. The average molecular weight is 566 g/mol. The van der Waals surface area contributed by atoms with E-state index in [2.05, 4.69) is 5.32 Å². The van der Waals surface area contributed by atoms with Crippen LogP contribution >= 0.6 is 0 Å². The molecule has 1 atom stereocenters. The van der Waals surface area contributed by atoms with E-state index in [1.165, 1.54) is 4.31 Å². The first-order chi connectivity index (χ1) is 19.1. The number of carbonyl (C=O) groups is 2. The monoisotopic (exact) mass is 565 g/mol. The summed E-state index contributed by atoms with van der Waals surface area (Å²) in [5.74, 6) is -0.0174. The van der Waals surface area contributed by atoms with E-state index >= 15 is 0 Å². The van der Waals surface area contributed by atoms with Crippen LogP contribution in [0, 0.1) is 6.92 Å². The summed E-state index contributed by atoms with van der Waals surface area (Å²) in [6.07, 6.45) is 1.83. The Kier molecular flexibility index (Phi) is 11.1. The molecule has 214 valence electrons. The molecule has 3 aromatic carbocycles. The average Bonchev–Trinajstić information content (AvgIpc) is 2.93. The maximum Gasteiger partial charge on any atom is 0.242 e. The molecule has 0 aliphatic rings. The van der Waals surface area contributed by atoms with Crippen LogP contribution in [0.3, 0.4) is 0 Å². The fourth-order valence-electron chi connectivity index (χ4n) is 4.65. The highest BCUT2D eigenvalue weighted by Gasteiger charge is 2.30. The molecule has 3 aromatic rings. The summed E-state index contributed by atoms with van der Waals surface area (Å²) < 4.78 is 32.4. The Morgan fingerprint density at radius 2 is 1.62 bits per heavy atom.